The van der Waals surface area contributed by atoms with Crippen LogP contribution in [-0.2, 0) is 11.3 Å². The molecular weight excluding hydrogens is 366 g/mol. The van der Waals surface area contributed by atoms with Crippen LogP contribution in [0.4, 0.5) is 5.69 Å². The van der Waals surface area contributed by atoms with Gasteiger partial charge < -0.3 is 15.4 Å². The summed E-state index contributed by atoms with van der Waals surface area (Å²) in [6.45, 7) is 8.22. The summed E-state index contributed by atoms with van der Waals surface area (Å²) in [7, 11) is 0. The Hall–Kier alpha value is -2.70. The Morgan fingerprint density at radius 2 is 1.72 bits per heavy atom. The van der Waals surface area contributed by atoms with Gasteiger partial charge >= 0.3 is 0 Å². The van der Waals surface area contributed by atoms with Crippen LogP contribution in [0.3, 0.4) is 0 Å². The quantitative estimate of drug-likeness (QED) is 0.755. The molecule has 1 heterocycles. The van der Waals surface area contributed by atoms with E-state index in [0.29, 0.717) is 16.8 Å². The topological polar surface area (TPSA) is 70.7 Å². The van der Waals surface area contributed by atoms with Gasteiger partial charge in [-0.1, -0.05) is 31.2 Å². The number of anilines is 1. The highest BCUT2D eigenvalue weighted by atomic mass is 16.5. The molecule has 1 aliphatic heterocycles. The number of morpholine rings is 1. The average Bonchev–Trinajstić information content (AvgIpc) is 2.75. The van der Waals surface area contributed by atoms with Crippen LogP contribution in [0.2, 0.25) is 0 Å². The lowest BCUT2D eigenvalue weighted by Gasteiger charge is -2.26. The monoisotopic (exact) mass is 395 g/mol. The molecule has 3 rings (SSSR count). The van der Waals surface area contributed by atoms with Gasteiger partial charge in [-0.15, -0.1) is 0 Å². The maximum Gasteiger partial charge on any atom is 0.255 e. The van der Waals surface area contributed by atoms with Crippen LogP contribution in [-0.4, -0.2) is 49.1 Å². The number of amides is 2. The predicted molar refractivity (Wildman–Crippen MR) is 114 cm³/mol. The van der Waals surface area contributed by atoms with Crippen LogP contribution in [0.15, 0.2) is 48.5 Å². The van der Waals surface area contributed by atoms with Crippen molar-refractivity contribution in [1.82, 2.24) is 10.2 Å². The van der Waals surface area contributed by atoms with Crippen LogP contribution in [0.25, 0.3) is 0 Å². The van der Waals surface area contributed by atoms with Crippen LogP contribution >= 0.6 is 0 Å². The van der Waals surface area contributed by atoms with Crippen LogP contribution < -0.4 is 10.6 Å². The fourth-order valence-electron chi connectivity index (χ4n) is 3.17. The molecule has 0 saturated carbocycles. The van der Waals surface area contributed by atoms with Crippen molar-refractivity contribution in [2.24, 2.45) is 0 Å². The highest BCUT2D eigenvalue weighted by Crippen LogP contribution is 2.17. The summed E-state index contributed by atoms with van der Waals surface area (Å²) in [5.41, 5.74) is 2.70. The van der Waals surface area contributed by atoms with Gasteiger partial charge in [-0.3, -0.25) is 14.5 Å². The second kappa shape index (κ2) is 10.2. The third-order valence-electron chi connectivity index (χ3n) is 5.14. The van der Waals surface area contributed by atoms with E-state index in [4.69, 9.17) is 4.74 Å². The molecule has 1 atom stereocenters. The van der Waals surface area contributed by atoms with Gasteiger partial charge in [-0.2, -0.15) is 0 Å². The normalized spacial score (nSPS) is 15.5. The van der Waals surface area contributed by atoms with Crippen molar-refractivity contribution in [3.63, 3.8) is 0 Å². The van der Waals surface area contributed by atoms with Gasteiger partial charge in [-0.05, 0) is 43.2 Å². The zero-order valence-corrected chi connectivity index (χ0v) is 17.1. The van der Waals surface area contributed by atoms with Crippen LogP contribution in [0.1, 0.15) is 46.5 Å². The first kappa shape index (κ1) is 21.0. The van der Waals surface area contributed by atoms with Crippen molar-refractivity contribution >= 4 is 17.5 Å². The van der Waals surface area contributed by atoms with E-state index in [0.717, 1.165) is 44.8 Å². The zero-order chi connectivity index (χ0) is 20.6. The number of carbonyl (C=O) groups excluding carboxylic acids is 2. The van der Waals surface area contributed by atoms with Crippen LogP contribution in [0, 0.1) is 0 Å². The number of hydrogen-bond donors (Lipinski definition) is 2. The van der Waals surface area contributed by atoms with Gasteiger partial charge in [0.25, 0.3) is 11.8 Å². The molecule has 1 fully saturated rings. The molecule has 0 aromatic heterocycles. The Kier molecular flexibility index (Phi) is 7.38. The largest absolute Gasteiger partial charge is 0.379 e. The van der Waals surface area contributed by atoms with E-state index in [1.165, 1.54) is 0 Å². The van der Waals surface area contributed by atoms with Gasteiger partial charge in [-0.25, -0.2) is 0 Å². The Bertz CT molecular complexity index is 830. The smallest absolute Gasteiger partial charge is 0.255 e. The Balaban J connectivity index is 1.65. The van der Waals surface area contributed by atoms with Gasteiger partial charge in [0, 0.05) is 31.2 Å². The van der Waals surface area contributed by atoms with Gasteiger partial charge in [0.2, 0.25) is 0 Å². The Morgan fingerprint density at radius 3 is 2.41 bits per heavy atom. The molecular formula is C23H29N3O3. The minimum atomic E-state index is -0.230. The molecule has 29 heavy (non-hydrogen) atoms. The number of benzene rings is 2. The maximum absolute atomic E-state index is 12.7. The molecule has 0 bridgehead atoms. The lowest BCUT2D eigenvalue weighted by molar-refractivity contribution is 0.0342. The number of para-hydroxylation sites is 1. The highest BCUT2D eigenvalue weighted by Gasteiger charge is 2.16. The fraction of sp³-hybridized carbons (Fsp3) is 0.391. The first-order valence-electron chi connectivity index (χ1n) is 10.2. The number of hydrogen-bond acceptors (Lipinski definition) is 4. The summed E-state index contributed by atoms with van der Waals surface area (Å²) < 4.78 is 5.38. The van der Waals surface area contributed by atoms with Gasteiger partial charge in [0.15, 0.2) is 0 Å². The molecule has 6 heteroatoms. The third-order valence-corrected chi connectivity index (χ3v) is 5.14. The van der Waals surface area contributed by atoms with Gasteiger partial charge in [0.1, 0.15) is 0 Å². The lowest BCUT2D eigenvalue weighted by atomic mass is 10.1. The highest BCUT2D eigenvalue weighted by molar-refractivity contribution is 6.09. The van der Waals surface area contributed by atoms with E-state index in [1.54, 1.807) is 24.3 Å². The molecule has 2 amide bonds. The Morgan fingerprint density at radius 1 is 1.03 bits per heavy atom. The van der Waals surface area contributed by atoms with Crippen molar-refractivity contribution < 1.29 is 14.3 Å². The molecule has 0 spiro atoms. The predicted octanol–water partition coefficient (Wildman–Crippen LogP) is 3.30. The molecule has 2 aromatic carbocycles. The average molecular weight is 396 g/mol. The number of nitrogens with zero attached hydrogens (tertiary/aromatic N) is 1. The minimum Gasteiger partial charge on any atom is -0.379 e. The first-order valence-corrected chi connectivity index (χ1v) is 10.2. The second-order valence-corrected chi connectivity index (χ2v) is 7.37. The summed E-state index contributed by atoms with van der Waals surface area (Å²) >= 11 is 0. The van der Waals surface area contributed by atoms with Gasteiger partial charge in [0.05, 0.1) is 24.5 Å². The summed E-state index contributed by atoms with van der Waals surface area (Å²) in [6.07, 6.45) is 0.844. The molecule has 154 valence electrons. The second-order valence-electron chi connectivity index (χ2n) is 7.37. The van der Waals surface area contributed by atoms with Crippen molar-refractivity contribution in [2.75, 3.05) is 31.6 Å². The summed E-state index contributed by atoms with van der Waals surface area (Å²) in [6, 6.07) is 14.8. The molecule has 6 nitrogen and oxygen atoms in total. The van der Waals surface area contributed by atoms with E-state index in [2.05, 4.69) is 15.5 Å². The third kappa shape index (κ3) is 5.89. The van der Waals surface area contributed by atoms with E-state index >= 15 is 0 Å². The minimum absolute atomic E-state index is 0.0743. The zero-order valence-electron chi connectivity index (χ0n) is 17.1. The SMILES string of the molecule is CCC(C)NC(=O)c1ccccc1NC(=O)c1ccc(CN2CCOCC2)cc1. The number of carbonyl (C=O) groups is 2. The first-order chi connectivity index (χ1) is 14.1. The standard InChI is InChI=1S/C23H29N3O3/c1-3-17(2)24-23(28)20-6-4-5-7-21(20)25-22(27)19-10-8-18(9-11-19)16-26-12-14-29-15-13-26/h4-11,17H,3,12-16H2,1-2H3,(H,24,28)(H,25,27). The molecule has 0 radical (unpaired) electrons. The lowest BCUT2D eigenvalue weighted by Crippen LogP contribution is -2.35. The summed E-state index contributed by atoms with van der Waals surface area (Å²) in [4.78, 5) is 27.5. The molecule has 1 saturated heterocycles. The molecule has 1 unspecified atom stereocenters. The number of rotatable bonds is 7. The summed E-state index contributed by atoms with van der Waals surface area (Å²) in [5, 5.41) is 5.81. The van der Waals surface area contributed by atoms with Crippen molar-refractivity contribution in [3.05, 3.63) is 65.2 Å². The molecule has 0 aliphatic carbocycles. The number of ether oxygens (including phenoxy) is 1. The summed E-state index contributed by atoms with van der Waals surface area (Å²) in [5.74, 6) is -0.414. The van der Waals surface area contributed by atoms with E-state index in [-0.39, 0.29) is 17.9 Å². The maximum atomic E-state index is 12.7. The Labute approximate surface area is 172 Å². The number of nitrogens with one attached hydrogen (secondary N) is 2. The molecule has 2 N–H and O–H groups in total. The van der Waals surface area contributed by atoms with Crippen molar-refractivity contribution in [1.29, 1.82) is 0 Å². The van der Waals surface area contributed by atoms with Crippen molar-refractivity contribution in [3.8, 4) is 0 Å². The van der Waals surface area contributed by atoms with Crippen LogP contribution in [0.5, 0.6) is 0 Å². The van der Waals surface area contributed by atoms with E-state index in [9.17, 15) is 9.59 Å². The van der Waals surface area contributed by atoms with E-state index < -0.39 is 0 Å². The molecule has 2 aromatic rings. The molecule has 1 aliphatic rings. The fourth-order valence-corrected chi connectivity index (χ4v) is 3.17. The van der Waals surface area contributed by atoms with Crippen molar-refractivity contribution in [2.45, 2.75) is 32.9 Å². The van der Waals surface area contributed by atoms with E-state index in [1.807, 2.05) is 38.1 Å².